The minimum absolute atomic E-state index is 0.818. The van der Waals surface area contributed by atoms with E-state index >= 15 is 0 Å². The molecule has 9 aromatic rings. The molecule has 0 aromatic heterocycles. The molecule has 0 saturated carbocycles. The van der Waals surface area contributed by atoms with E-state index in [9.17, 15) is 0 Å². The van der Waals surface area contributed by atoms with Gasteiger partial charge in [-0.05, 0) is 108 Å². The van der Waals surface area contributed by atoms with Gasteiger partial charge in [0.1, 0.15) is 23.0 Å². The number of nitrogens with zero attached hydrogens (tertiary/aromatic N) is 2. The van der Waals surface area contributed by atoms with Crippen LogP contribution in [0.4, 0.5) is 34.1 Å². The molecule has 0 unspecified atom stereocenters. The van der Waals surface area contributed by atoms with Gasteiger partial charge in [0.2, 0.25) is 0 Å². The number of hydrogen-bond acceptors (Lipinski definition) is 6. The fourth-order valence-electron chi connectivity index (χ4n) is 7.96. The number of fused-ring (bicyclic) bond motifs is 4. The topological polar surface area (TPSA) is 43.4 Å². The smallest absolute Gasteiger partial charge is 0.126 e. The van der Waals surface area contributed by atoms with Gasteiger partial charge in [0.25, 0.3) is 0 Å². The maximum atomic E-state index is 5.83. The molecule has 0 radical (unpaired) electrons. The average Bonchev–Trinajstić information content (AvgIpc) is 3.26. The van der Waals surface area contributed by atoms with Gasteiger partial charge in [-0.3, -0.25) is 0 Å². The van der Waals surface area contributed by atoms with E-state index in [0.29, 0.717) is 0 Å². The zero-order valence-electron chi connectivity index (χ0n) is 31.7. The van der Waals surface area contributed by atoms with Gasteiger partial charge in [0.05, 0.1) is 51.2 Å². The molecule has 6 heteroatoms. The minimum atomic E-state index is 0.818. The van der Waals surface area contributed by atoms with Crippen molar-refractivity contribution in [2.24, 2.45) is 0 Å². The van der Waals surface area contributed by atoms with Crippen LogP contribution in [0.2, 0.25) is 0 Å². The summed E-state index contributed by atoms with van der Waals surface area (Å²) >= 11 is 0. The normalized spacial score (nSPS) is 11.2. The lowest BCUT2D eigenvalue weighted by Crippen LogP contribution is -2.13. The molecule has 0 aliphatic rings. The first kappa shape index (κ1) is 34.6. The first-order valence-corrected chi connectivity index (χ1v) is 18.6. The van der Waals surface area contributed by atoms with Crippen LogP contribution in [0.25, 0.3) is 43.1 Å². The van der Waals surface area contributed by atoms with E-state index in [0.717, 1.165) is 100 Å². The Kier molecular flexibility index (Phi) is 9.00. The summed E-state index contributed by atoms with van der Waals surface area (Å²) in [6.07, 6.45) is 0. The van der Waals surface area contributed by atoms with Gasteiger partial charge < -0.3 is 28.7 Å². The second-order valence-corrected chi connectivity index (χ2v) is 13.6. The summed E-state index contributed by atoms with van der Waals surface area (Å²) in [5.74, 6) is 3.30. The van der Waals surface area contributed by atoms with E-state index in [1.54, 1.807) is 28.4 Å². The second-order valence-electron chi connectivity index (χ2n) is 13.6. The Morgan fingerprint density at radius 1 is 0.304 bits per heavy atom. The SMILES string of the molecule is COc1ccc2c(N(c3ccc(N(c4cccc5cc(OC)ccc45)c4ccc(OC)c5ccccc45)cc3)c3ccc(OC)c4ccccc34)cccc2c1. The lowest BCUT2D eigenvalue weighted by molar-refractivity contribution is 0.415. The highest BCUT2D eigenvalue weighted by atomic mass is 16.5. The van der Waals surface area contributed by atoms with Crippen LogP contribution >= 0.6 is 0 Å². The standard InChI is InChI=1S/C50H40N2O4/c1-53-37-23-25-39-33(31-37)11-9-17-45(39)51(47-27-29-49(55-3)43-15-7-5-13-41(43)47)35-19-21-36(22-20-35)52(46-18-10-12-34-32-38(54-2)24-26-40(34)46)48-28-30-50(56-4)44-16-8-6-14-42(44)48/h5-32H,1-4H3. The molecule has 0 amide bonds. The van der Waals surface area contributed by atoms with E-state index in [1.165, 1.54) is 0 Å². The molecule has 0 bridgehead atoms. The lowest BCUT2D eigenvalue weighted by Gasteiger charge is -2.31. The first-order chi connectivity index (χ1) is 27.6. The summed E-state index contributed by atoms with van der Waals surface area (Å²) < 4.78 is 22.9. The van der Waals surface area contributed by atoms with E-state index < -0.39 is 0 Å². The fraction of sp³-hybridized carbons (Fsp3) is 0.0800. The van der Waals surface area contributed by atoms with E-state index in [4.69, 9.17) is 18.9 Å². The van der Waals surface area contributed by atoms with Gasteiger partial charge in [-0.2, -0.15) is 0 Å². The van der Waals surface area contributed by atoms with Gasteiger partial charge in [-0.15, -0.1) is 0 Å². The summed E-state index contributed by atoms with van der Waals surface area (Å²) in [5, 5.41) is 8.64. The Morgan fingerprint density at radius 3 is 1.09 bits per heavy atom. The third-order valence-corrected chi connectivity index (χ3v) is 10.6. The van der Waals surface area contributed by atoms with Gasteiger partial charge in [-0.1, -0.05) is 72.8 Å². The summed E-state index contributed by atoms with van der Waals surface area (Å²) in [5.41, 5.74) is 6.20. The van der Waals surface area contributed by atoms with Crippen molar-refractivity contribution >= 4 is 77.2 Å². The van der Waals surface area contributed by atoms with Crippen molar-refractivity contribution in [2.45, 2.75) is 0 Å². The Morgan fingerprint density at radius 2 is 0.696 bits per heavy atom. The number of ether oxygens (including phenoxy) is 4. The second kappa shape index (κ2) is 14.6. The summed E-state index contributed by atoms with van der Waals surface area (Å²) in [6.45, 7) is 0. The van der Waals surface area contributed by atoms with Crippen LogP contribution < -0.4 is 28.7 Å². The molecule has 9 aromatic carbocycles. The van der Waals surface area contributed by atoms with Crippen molar-refractivity contribution < 1.29 is 18.9 Å². The third-order valence-electron chi connectivity index (χ3n) is 10.6. The van der Waals surface area contributed by atoms with Crippen molar-refractivity contribution in [1.29, 1.82) is 0 Å². The highest BCUT2D eigenvalue weighted by Gasteiger charge is 2.22. The van der Waals surface area contributed by atoms with Gasteiger partial charge in [0, 0.05) is 43.7 Å². The monoisotopic (exact) mass is 732 g/mol. The quantitative estimate of drug-likeness (QED) is 0.139. The molecule has 0 spiro atoms. The zero-order valence-corrected chi connectivity index (χ0v) is 31.7. The van der Waals surface area contributed by atoms with Crippen molar-refractivity contribution in [2.75, 3.05) is 38.2 Å². The summed E-state index contributed by atoms with van der Waals surface area (Å²) in [6, 6.07) is 59.4. The Labute approximate surface area is 326 Å². The Bertz CT molecular complexity index is 2690. The molecule has 9 rings (SSSR count). The first-order valence-electron chi connectivity index (χ1n) is 18.6. The summed E-state index contributed by atoms with van der Waals surface area (Å²) in [4.78, 5) is 4.69. The van der Waals surface area contributed by atoms with E-state index in [-0.39, 0.29) is 0 Å². The molecular formula is C50H40N2O4. The maximum Gasteiger partial charge on any atom is 0.126 e. The molecule has 0 aliphatic carbocycles. The summed E-state index contributed by atoms with van der Waals surface area (Å²) in [7, 11) is 6.85. The molecule has 0 fully saturated rings. The van der Waals surface area contributed by atoms with E-state index in [2.05, 4.69) is 168 Å². The van der Waals surface area contributed by atoms with Crippen LogP contribution in [0, 0.1) is 0 Å². The average molecular weight is 733 g/mol. The molecular weight excluding hydrogens is 693 g/mol. The van der Waals surface area contributed by atoms with Crippen molar-refractivity contribution in [3.8, 4) is 23.0 Å². The molecule has 0 atom stereocenters. The van der Waals surface area contributed by atoms with Gasteiger partial charge >= 0.3 is 0 Å². The minimum Gasteiger partial charge on any atom is -0.497 e. The van der Waals surface area contributed by atoms with Crippen molar-refractivity contribution in [1.82, 2.24) is 0 Å². The molecule has 0 heterocycles. The number of hydrogen-bond donors (Lipinski definition) is 0. The van der Waals surface area contributed by atoms with Crippen molar-refractivity contribution in [3.05, 3.63) is 170 Å². The molecule has 0 saturated heterocycles. The van der Waals surface area contributed by atoms with Crippen LogP contribution in [0.15, 0.2) is 170 Å². The number of rotatable bonds is 10. The Balaban J connectivity index is 1.27. The lowest BCUT2D eigenvalue weighted by atomic mass is 10.0. The van der Waals surface area contributed by atoms with Crippen LogP contribution in [0.1, 0.15) is 0 Å². The Hall–Kier alpha value is -7.18. The fourth-order valence-corrected chi connectivity index (χ4v) is 7.96. The number of benzene rings is 9. The molecule has 0 N–H and O–H groups in total. The van der Waals surface area contributed by atoms with E-state index in [1.807, 2.05) is 12.1 Å². The van der Waals surface area contributed by atoms with Gasteiger partial charge in [0.15, 0.2) is 0 Å². The largest absolute Gasteiger partial charge is 0.497 e. The zero-order chi connectivity index (χ0) is 38.2. The predicted molar refractivity (Wildman–Crippen MR) is 232 cm³/mol. The predicted octanol–water partition coefficient (Wildman–Crippen LogP) is 13.3. The van der Waals surface area contributed by atoms with Crippen LogP contribution in [0.3, 0.4) is 0 Å². The molecule has 274 valence electrons. The van der Waals surface area contributed by atoms with Crippen LogP contribution in [-0.2, 0) is 0 Å². The number of anilines is 6. The molecule has 56 heavy (non-hydrogen) atoms. The highest BCUT2D eigenvalue weighted by molar-refractivity contribution is 6.08. The van der Waals surface area contributed by atoms with Crippen LogP contribution in [-0.4, -0.2) is 28.4 Å². The third kappa shape index (κ3) is 5.92. The molecule has 0 aliphatic heterocycles. The number of methoxy groups -OCH3 is 4. The van der Waals surface area contributed by atoms with Crippen LogP contribution in [0.5, 0.6) is 23.0 Å². The highest BCUT2D eigenvalue weighted by Crippen LogP contribution is 2.47. The van der Waals surface area contributed by atoms with Gasteiger partial charge in [-0.25, -0.2) is 0 Å². The molecule has 6 nitrogen and oxygen atoms in total. The maximum absolute atomic E-state index is 5.83. The van der Waals surface area contributed by atoms with Crippen molar-refractivity contribution in [3.63, 3.8) is 0 Å².